The van der Waals surface area contributed by atoms with Gasteiger partial charge in [-0.2, -0.15) is 4.31 Å². The van der Waals surface area contributed by atoms with Gasteiger partial charge in [0, 0.05) is 33.2 Å². The summed E-state index contributed by atoms with van der Waals surface area (Å²) in [6, 6.07) is 15.1. The number of benzene rings is 2. The first kappa shape index (κ1) is 21.4. The third-order valence-electron chi connectivity index (χ3n) is 5.40. The molecule has 1 aliphatic rings. The van der Waals surface area contributed by atoms with Gasteiger partial charge in [-0.25, -0.2) is 12.8 Å². The van der Waals surface area contributed by atoms with E-state index in [1.54, 1.807) is 11.9 Å². The zero-order valence-corrected chi connectivity index (χ0v) is 17.5. The number of sulfonamides is 1. The molecule has 2 aromatic rings. The van der Waals surface area contributed by atoms with E-state index in [-0.39, 0.29) is 36.5 Å². The summed E-state index contributed by atoms with van der Waals surface area (Å²) in [6.07, 6.45) is 0. The smallest absolute Gasteiger partial charge is 0.246 e. The summed E-state index contributed by atoms with van der Waals surface area (Å²) in [5.41, 5.74) is 1.06. The molecule has 6 nitrogen and oxygen atoms in total. The molecule has 1 fully saturated rings. The van der Waals surface area contributed by atoms with E-state index in [0.29, 0.717) is 13.1 Å². The maximum absolute atomic E-state index is 13.9. The van der Waals surface area contributed by atoms with Crippen molar-refractivity contribution < 1.29 is 17.6 Å². The monoisotopic (exact) mass is 419 g/mol. The lowest BCUT2D eigenvalue weighted by molar-refractivity contribution is -0.133. The second kappa shape index (κ2) is 9.02. The summed E-state index contributed by atoms with van der Waals surface area (Å²) in [5, 5.41) is 0. The summed E-state index contributed by atoms with van der Waals surface area (Å²) in [7, 11) is -2.10. The van der Waals surface area contributed by atoms with Gasteiger partial charge in [-0.05, 0) is 24.6 Å². The Kier molecular flexibility index (Phi) is 6.66. The standard InChI is InChI=1S/C21H26FN3O3S/c1-17(18-8-4-3-5-9-18)23(2)21(26)16-24-12-14-25(15-13-24)29(27,28)20-11-7-6-10-19(20)22/h3-11,17H,12-16H2,1-2H3/t17-/m0/s1. The number of carbonyl (C=O) groups excluding carboxylic acids is 1. The van der Waals surface area contributed by atoms with E-state index in [2.05, 4.69) is 0 Å². The third kappa shape index (κ3) is 4.83. The molecule has 1 saturated heterocycles. The minimum atomic E-state index is -3.87. The molecule has 0 spiro atoms. The van der Waals surface area contributed by atoms with Crippen LogP contribution in [-0.4, -0.2) is 68.2 Å². The molecule has 2 aromatic carbocycles. The molecule has 156 valence electrons. The predicted molar refractivity (Wildman–Crippen MR) is 109 cm³/mol. The average Bonchev–Trinajstić information content (AvgIpc) is 2.74. The Morgan fingerprint density at radius 2 is 1.62 bits per heavy atom. The molecule has 0 unspecified atom stereocenters. The predicted octanol–water partition coefficient (Wildman–Crippen LogP) is 2.35. The molecule has 0 aliphatic carbocycles. The van der Waals surface area contributed by atoms with Crippen LogP contribution in [0.3, 0.4) is 0 Å². The van der Waals surface area contributed by atoms with Gasteiger partial charge in [-0.15, -0.1) is 0 Å². The molecule has 0 N–H and O–H groups in total. The van der Waals surface area contributed by atoms with E-state index in [1.807, 2.05) is 42.2 Å². The molecule has 0 saturated carbocycles. The van der Waals surface area contributed by atoms with Crippen LogP contribution in [0.25, 0.3) is 0 Å². The number of piperazine rings is 1. The van der Waals surface area contributed by atoms with Gasteiger partial charge in [0.2, 0.25) is 15.9 Å². The molecule has 8 heteroatoms. The molecule has 0 radical (unpaired) electrons. The SMILES string of the molecule is C[C@@H](c1ccccc1)N(C)C(=O)CN1CCN(S(=O)(=O)c2ccccc2F)CC1. The highest BCUT2D eigenvalue weighted by atomic mass is 32.2. The lowest BCUT2D eigenvalue weighted by atomic mass is 10.1. The van der Waals surface area contributed by atoms with Crippen LogP contribution >= 0.6 is 0 Å². The zero-order chi connectivity index (χ0) is 21.0. The number of likely N-dealkylation sites (N-methyl/N-ethyl adjacent to an activating group) is 1. The quantitative estimate of drug-likeness (QED) is 0.721. The van der Waals surface area contributed by atoms with Crippen molar-refractivity contribution >= 4 is 15.9 Å². The highest BCUT2D eigenvalue weighted by Crippen LogP contribution is 2.21. The van der Waals surface area contributed by atoms with Crippen molar-refractivity contribution in [2.45, 2.75) is 17.9 Å². The van der Waals surface area contributed by atoms with Gasteiger partial charge in [-0.1, -0.05) is 42.5 Å². The Morgan fingerprint density at radius 1 is 1.03 bits per heavy atom. The van der Waals surface area contributed by atoms with E-state index in [4.69, 9.17) is 0 Å². The lowest BCUT2D eigenvalue weighted by Gasteiger charge is -2.35. The Morgan fingerprint density at radius 3 is 2.24 bits per heavy atom. The normalized spacial score (nSPS) is 17.1. The molecule has 29 heavy (non-hydrogen) atoms. The fourth-order valence-electron chi connectivity index (χ4n) is 3.39. The van der Waals surface area contributed by atoms with Crippen molar-refractivity contribution in [1.82, 2.24) is 14.1 Å². The van der Waals surface area contributed by atoms with E-state index < -0.39 is 15.8 Å². The number of halogens is 1. The number of nitrogens with zero attached hydrogens (tertiary/aromatic N) is 3. The van der Waals surface area contributed by atoms with Gasteiger partial charge in [0.25, 0.3) is 0 Å². The number of carbonyl (C=O) groups is 1. The molecule has 0 aromatic heterocycles. The van der Waals surface area contributed by atoms with Crippen molar-refractivity contribution in [2.75, 3.05) is 39.8 Å². The molecule has 3 rings (SSSR count). The molecule has 1 atom stereocenters. The van der Waals surface area contributed by atoms with Gasteiger partial charge in [0.1, 0.15) is 10.7 Å². The van der Waals surface area contributed by atoms with Crippen LogP contribution in [0.5, 0.6) is 0 Å². The van der Waals surface area contributed by atoms with Gasteiger partial charge >= 0.3 is 0 Å². The second-order valence-corrected chi connectivity index (χ2v) is 9.11. The van der Waals surface area contributed by atoms with Crippen LogP contribution < -0.4 is 0 Å². The molecule has 0 bridgehead atoms. The minimum Gasteiger partial charge on any atom is -0.338 e. The largest absolute Gasteiger partial charge is 0.338 e. The van der Waals surface area contributed by atoms with Crippen LogP contribution in [0.4, 0.5) is 4.39 Å². The lowest BCUT2D eigenvalue weighted by Crippen LogP contribution is -2.51. The number of rotatable bonds is 6. The van der Waals surface area contributed by atoms with E-state index >= 15 is 0 Å². The van der Waals surface area contributed by atoms with Crippen molar-refractivity contribution in [3.8, 4) is 0 Å². The van der Waals surface area contributed by atoms with Crippen LogP contribution in [0, 0.1) is 5.82 Å². The summed E-state index contributed by atoms with van der Waals surface area (Å²) in [6.45, 7) is 3.50. The highest BCUT2D eigenvalue weighted by Gasteiger charge is 2.31. The Bertz CT molecular complexity index is 945. The molecule has 1 aliphatic heterocycles. The van der Waals surface area contributed by atoms with Crippen LogP contribution in [-0.2, 0) is 14.8 Å². The fourth-order valence-corrected chi connectivity index (χ4v) is 4.88. The first-order valence-electron chi connectivity index (χ1n) is 9.58. The van der Waals surface area contributed by atoms with Crippen LogP contribution in [0.1, 0.15) is 18.5 Å². The molecule has 1 amide bonds. The maximum atomic E-state index is 13.9. The van der Waals surface area contributed by atoms with Gasteiger partial charge in [0.05, 0.1) is 12.6 Å². The van der Waals surface area contributed by atoms with E-state index in [9.17, 15) is 17.6 Å². The Hall–Kier alpha value is -2.29. The van der Waals surface area contributed by atoms with Crippen molar-refractivity contribution in [1.29, 1.82) is 0 Å². The molecular weight excluding hydrogens is 393 g/mol. The summed E-state index contributed by atoms with van der Waals surface area (Å²) < 4.78 is 40.6. The van der Waals surface area contributed by atoms with Gasteiger partial charge < -0.3 is 4.90 Å². The number of amides is 1. The molecular formula is C21H26FN3O3S. The number of hydrogen-bond acceptors (Lipinski definition) is 4. The minimum absolute atomic E-state index is 0.0215. The van der Waals surface area contributed by atoms with Crippen molar-refractivity contribution in [3.05, 3.63) is 66.0 Å². The van der Waals surface area contributed by atoms with Crippen LogP contribution in [0.15, 0.2) is 59.5 Å². The van der Waals surface area contributed by atoms with Gasteiger partial charge in [-0.3, -0.25) is 9.69 Å². The zero-order valence-electron chi connectivity index (χ0n) is 16.7. The average molecular weight is 420 g/mol. The Labute approximate surface area is 171 Å². The van der Waals surface area contributed by atoms with E-state index in [1.165, 1.54) is 22.5 Å². The highest BCUT2D eigenvalue weighted by molar-refractivity contribution is 7.89. The van der Waals surface area contributed by atoms with Crippen molar-refractivity contribution in [3.63, 3.8) is 0 Å². The maximum Gasteiger partial charge on any atom is 0.246 e. The van der Waals surface area contributed by atoms with E-state index in [0.717, 1.165) is 11.6 Å². The van der Waals surface area contributed by atoms with Gasteiger partial charge in [0.15, 0.2) is 0 Å². The van der Waals surface area contributed by atoms with Crippen LogP contribution in [0.2, 0.25) is 0 Å². The molecule has 1 heterocycles. The first-order chi connectivity index (χ1) is 13.8. The number of hydrogen-bond donors (Lipinski definition) is 0. The second-order valence-electron chi connectivity index (χ2n) is 7.20. The first-order valence-corrected chi connectivity index (χ1v) is 11.0. The van der Waals surface area contributed by atoms with Crippen molar-refractivity contribution in [2.24, 2.45) is 0 Å². The summed E-state index contributed by atoms with van der Waals surface area (Å²) in [4.78, 5) is 16.0. The topological polar surface area (TPSA) is 60.9 Å². The summed E-state index contributed by atoms with van der Waals surface area (Å²) >= 11 is 0. The Balaban J connectivity index is 1.57. The summed E-state index contributed by atoms with van der Waals surface area (Å²) in [5.74, 6) is -0.770. The fraction of sp³-hybridized carbons (Fsp3) is 0.381. The third-order valence-corrected chi connectivity index (χ3v) is 7.33.